The van der Waals surface area contributed by atoms with Crippen LogP contribution in [0.4, 0.5) is 0 Å². The summed E-state index contributed by atoms with van der Waals surface area (Å²) in [5.74, 6) is 0.801. The zero-order valence-corrected chi connectivity index (χ0v) is 13.1. The van der Waals surface area contributed by atoms with Gasteiger partial charge in [-0.1, -0.05) is 40.2 Å². The number of benzene rings is 2. The topological polar surface area (TPSA) is 39.2 Å². The van der Waals surface area contributed by atoms with Crippen molar-refractivity contribution in [2.75, 3.05) is 0 Å². The second-order valence-electron chi connectivity index (χ2n) is 5.12. The van der Waals surface area contributed by atoms with Crippen molar-refractivity contribution in [2.24, 2.45) is 5.73 Å². The van der Waals surface area contributed by atoms with Crippen LogP contribution in [0.3, 0.4) is 0 Å². The number of furan rings is 1. The Labute approximate surface area is 126 Å². The van der Waals surface area contributed by atoms with Gasteiger partial charge in [-0.15, -0.1) is 0 Å². The van der Waals surface area contributed by atoms with E-state index in [-0.39, 0.29) is 6.04 Å². The lowest BCUT2D eigenvalue weighted by Gasteiger charge is -2.11. The number of hydrogen-bond acceptors (Lipinski definition) is 2. The fourth-order valence-corrected chi connectivity index (χ4v) is 3.14. The molecule has 0 bridgehead atoms. The smallest absolute Gasteiger partial charge is 0.137 e. The maximum absolute atomic E-state index is 6.36. The van der Waals surface area contributed by atoms with E-state index in [1.807, 2.05) is 25.1 Å². The highest BCUT2D eigenvalue weighted by atomic mass is 79.9. The fraction of sp³-hybridized carbons (Fsp3) is 0.176. The quantitative estimate of drug-likeness (QED) is 0.729. The highest BCUT2D eigenvalue weighted by molar-refractivity contribution is 9.10. The molecule has 102 valence electrons. The van der Waals surface area contributed by atoms with Gasteiger partial charge in [-0.3, -0.25) is 0 Å². The van der Waals surface area contributed by atoms with Gasteiger partial charge in [0.2, 0.25) is 0 Å². The molecule has 0 saturated heterocycles. The zero-order valence-electron chi connectivity index (χ0n) is 11.5. The van der Waals surface area contributed by atoms with Crippen molar-refractivity contribution in [3.63, 3.8) is 0 Å². The Morgan fingerprint density at radius 1 is 1.05 bits per heavy atom. The molecular formula is C17H16BrNO. The molecule has 2 nitrogen and oxygen atoms in total. The Kier molecular flexibility index (Phi) is 3.40. The van der Waals surface area contributed by atoms with Crippen LogP contribution < -0.4 is 5.73 Å². The first-order valence-corrected chi connectivity index (χ1v) is 7.36. The predicted octanol–water partition coefficient (Wildman–Crippen LogP) is 4.86. The lowest BCUT2D eigenvalue weighted by atomic mass is 10.00. The number of aryl methyl sites for hydroxylation is 2. The number of nitrogens with two attached hydrogens (primary N) is 1. The van der Waals surface area contributed by atoms with Gasteiger partial charge in [0.25, 0.3) is 0 Å². The number of fused-ring (bicyclic) bond motifs is 1. The van der Waals surface area contributed by atoms with Crippen molar-refractivity contribution in [2.45, 2.75) is 19.9 Å². The molecule has 1 aromatic heterocycles. The van der Waals surface area contributed by atoms with Gasteiger partial charge in [-0.25, -0.2) is 0 Å². The summed E-state index contributed by atoms with van der Waals surface area (Å²) in [6.07, 6.45) is 0. The molecule has 3 aromatic rings. The van der Waals surface area contributed by atoms with Crippen LogP contribution in [0.15, 0.2) is 51.4 Å². The fourth-order valence-electron chi connectivity index (χ4n) is 2.55. The van der Waals surface area contributed by atoms with Crippen LogP contribution in [0.2, 0.25) is 0 Å². The van der Waals surface area contributed by atoms with Gasteiger partial charge in [0.1, 0.15) is 11.3 Å². The van der Waals surface area contributed by atoms with Crippen LogP contribution in [-0.2, 0) is 0 Å². The minimum atomic E-state index is -0.234. The van der Waals surface area contributed by atoms with E-state index in [2.05, 4.69) is 47.1 Å². The van der Waals surface area contributed by atoms with Gasteiger partial charge in [-0.05, 0) is 48.7 Å². The molecule has 3 heteroatoms. The minimum Gasteiger partial charge on any atom is -0.459 e. The van der Waals surface area contributed by atoms with Gasteiger partial charge in [0, 0.05) is 9.86 Å². The lowest BCUT2D eigenvalue weighted by molar-refractivity contribution is 0.523. The first-order chi connectivity index (χ1) is 9.56. The molecular weight excluding hydrogens is 314 g/mol. The maximum atomic E-state index is 6.36. The molecule has 1 unspecified atom stereocenters. The molecule has 0 amide bonds. The van der Waals surface area contributed by atoms with Gasteiger partial charge in [0.05, 0.1) is 6.04 Å². The summed E-state index contributed by atoms with van der Waals surface area (Å²) in [5, 5.41) is 1.08. The van der Waals surface area contributed by atoms with Crippen LogP contribution >= 0.6 is 15.9 Å². The van der Waals surface area contributed by atoms with Crippen LogP contribution in [0.5, 0.6) is 0 Å². The third-order valence-corrected chi connectivity index (χ3v) is 4.07. The van der Waals surface area contributed by atoms with Crippen molar-refractivity contribution in [1.82, 2.24) is 0 Å². The van der Waals surface area contributed by atoms with Crippen LogP contribution in [0, 0.1) is 13.8 Å². The summed E-state index contributed by atoms with van der Waals surface area (Å²) in [4.78, 5) is 0. The van der Waals surface area contributed by atoms with E-state index in [9.17, 15) is 0 Å². The molecule has 1 heterocycles. The molecule has 0 fully saturated rings. The second kappa shape index (κ2) is 5.08. The molecule has 0 aliphatic rings. The minimum absolute atomic E-state index is 0.234. The zero-order chi connectivity index (χ0) is 14.3. The summed E-state index contributed by atoms with van der Waals surface area (Å²) in [7, 11) is 0. The van der Waals surface area contributed by atoms with Gasteiger partial charge >= 0.3 is 0 Å². The first-order valence-electron chi connectivity index (χ1n) is 6.57. The SMILES string of the molecule is Cc1ccccc1C(N)c1cc2cc(Br)cc(C)c2o1. The van der Waals surface area contributed by atoms with Gasteiger partial charge in [-0.2, -0.15) is 0 Å². The van der Waals surface area contributed by atoms with Crippen molar-refractivity contribution >= 4 is 26.9 Å². The summed E-state index contributed by atoms with van der Waals surface area (Å²) in [6, 6.07) is 14.1. The summed E-state index contributed by atoms with van der Waals surface area (Å²) < 4.78 is 7.03. The van der Waals surface area contributed by atoms with E-state index >= 15 is 0 Å². The Bertz CT molecular complexity index is 776. The van der Waals surface area contributed by atoms with E-state index < -0.39 is 0 Å². The molecule has 0 aliphatic heterocycles. The normalized spacial score (nSPS) is 12.8. The van der Waals surface area contributed by atoms with E-state index in [4.69, 9.17) is 10.2 Å². The van der Waals surface area contributed by atoms with Crippen molar-refractivity contribution < 1.29 is 4.42 Å². The van der Waals surface area contributed by atoms with Crippen molar-refractivity contribution in [3.8, 4) is 0 Å². The van der Waals surface area contributed by atoms with Gasteiger partial charge < -0.3 is 10.2 Å². The molecule has 0 radical (unpaired) electrons. The molecule has 3 rings (SSSR count). The highest BCUT2D eigenvalue weighted by Crippen LogP contribution is 2.31. The van der Waals surface area contributed by atoms with Gasteiger partial charge in [0.15, 0.2) is 0 Å². The van der Waals surface area contributed by atoms with E-state index in [1.54, 1.807) is 0 Å². The molecule has 0 aliphatic carbocycles. The Morgan fingerprint density at radius 2 is 1.80 bits per heavy atom. The van der Waals surface area contributed by atoms with Crippen molar-refractivity contribution in [1.29, 1.82) is 0 Å². The largest absolute Gasteiger partial charge is 0.459 e. The standard InChI is InChI=1S/C17H16BrNO/c1-10-5-3-4-6-14(10)16(19)15-9-12-8-13(18)7-11(2)17(12)20-15/h3-9,16H,19H2,1-2H3. The number of halogens is 1. The Hall–Kier alpha value is -1.58. The van der Waals surface area contributed by atoms with E-state index in [0.717, 1.165) is 32.3 Å². The average Bonchev–Trinajstić information content (AvgIpc) is 2.82. The number of rotatable bonds is 2. The Morgan fingerprint density at radius 3 is 2.55 bits per heavy atom. The van der Waals surface area contributed by atoms with E-state index in [0.29, 0.717) is 0 Å². The summed E-state index contributed by atoms with van der Waals surface area (Å²) in [6.45, 7) is 4.11. The first kappa shape index (κ1) is 13.4. The molecule has 1 atom stereocenters. The molecule has 0 spiro atoms. The second-order valence-corrected chi connectivity index (χ2v) is 6.04. The Balaban J connectivity index is 2.11. The molecule has 2 N–H and O–H groups in total. The van der Waals surface area contributed by atoms with Crippen molar-refractivity contribution in [3.05, 3.63) is 69.4 Å². The molecule has 20 heavy (non-hydrogen) atoms. The van der Waals surface area contributed by atoms with E-state index in [1.165, 1.54) is 5.56 Å². The van der Waals surface area contributed by atoms with Crippen LogP contribution in [0.25, 0.3) is 11.0 Å². The third-order valence-electron chi connectivity index (χ3n) is 3.62. The summed E-state index contributed by atoms with van der Waals surface area (Å²) in [5.41, 5.74) is 10.7. The highest BCUT2D eigenvalue weighted by Gasteiger charge is 2.16. The monoisotopic (exact) mass is 329 g/mol. The predicted molar refractivity (Wildman–Crippen MR) is 85.9 cm³/mol. The van der Waals surface area contributed by atoms with Crippen LogP contribution in [0.1, 0.15) is 28.5 Å². The lowest BCUT2D eigenvalue weighted by Crippen LogP contribution is -2.12. The third kappa shape index (κ3) is 2.28. The summed E-state index contributed by atoms with van der Waals surface area (Å²) >= 11 is 3.51. The van der Waals surface area contributed by atoms with Crippen LogP contribution in [-0.4, -0.2) is 0 Å². The number of hydrogen-bond donors (Lipinski definition) is 1. The molecule has 0 saturated carbocycles. The maximum Gasteiger partial charge on any atom is 0.137 e. The molecule has 2 aromatic carbocycles. The average molecular weight is 330 g/mol.